The van der Waals surface area contributed by atoms with Crippen LogP contribution in [0.3, 0.4) is 0 Å². The van der Waals surface area contributed by atoms with Crippen LogP contribution in [0.25, 0.3) is 0 Å². The average molecular weight is 715 g/mol. The van der Waals surface area contributed by atoms with E-state index in [2.05, 4.69) is 15.6 Å². The molecule has 52 heavy (non-hydrogen) atoms. The molecule has 0 spiro atoms. The second kappa shape index (κ2) is 16.9. The molecule has 2 atom stereocenters. The van der Waals surface area contributed by atoms with Crippen molar-refractivity contribution in [3.63, 3.8) is 0 Å². The van der Waals surface area contributed by atoms with E-state index in [9.17, 15) is 14.4 Å². The largest absolute Gasteiger partial charge is 0.497 e. The van der Waals surface area contributed by atoms with Crippen molar-refractivity contribution in [2.45, 2.75) is 71.1 Å². The molecule has 1 aromatic heterocycles. The van der Waals surface area contributed by atoms with Crippen LogP contribution in [-0.4, -0.2) is 88.4 Å². The van der Waals surface area contributed by atoms with Crippen molar-refractivity contribution in [2.24, 2.45) is 0 Å². The summed E-state index contributed by atoms with van der Waals surface area (Å²) in [4.78, 5) is 43.4. The number of nitrogens with zero attached hydrogens (tertiary/aromatic N) is 5. The van der Waals surface area contributed by atoms with Crippen LogP contribution < -0.4 is 19.5 Å². The SMILES string of the molecule is COc1ccc(CN(C(=O)OCc2ccccc2)[C@@H]2C(=O)N(Cc3ccc(OC)cc3OC)[C@@H]2Cc2cn(CCNC(=O)OC(C)(C)C)nn2)cc1. The third-order valence-electron chi connectivity index (χ3n) is 8.44. The van der Waals surface area contributed by atoms with Gasteiger partial charge in [0.15, 0.2) is 0 Å². The van der Waals surface area contributed by atoms with Gasteiger partial charge in [-0.3, -0.25) is 14.4 Å². The first-order valence-electron chi connectivity index (χ1n) is 17.0. The maximum Gasteiger partial charge on any atom is 0.411 e. The van der Waals surface area contributed by atoms with Crippen molar-refractivity contribution in [1.29, 1.82) is 0 Å². The lowest BCUT2D eigenvalue weighted by molar-refractivity contribution is -0.160. The molecule has 1 aliphatic rings. The molecule has 14 heteroatoms. The van der Waals surface area contributed by atoms with Crippen LogP contribution in [0.5, 0.6) is 17.2 Å². The van der Waals surface area contributed by atoms with Gasteiger partial charge in [0.2, 0.25) is 5.91 Å². The molecule has 3 amide bonds. The molecule has 0 aliphatic carbocycles. The van der Waals surface area contributed by atoms with Crippen molar-refractivity contribution in [3.05, 3.63) is 101 Å². The standard InChI is InChI=1S/C38H46N6O8/c1-38(2,3)52-36(46)39-18-19-42-24-29(40-41-42)20-32-34(35(45)43(32)23-28-14-17-31(49-5)21-33(28)50-6)44(22-26-12-15-30(48-4)16-13-26)37(47)51-25-27-10-8-7-9-11-27/h7-17,21,24,32,34H,18-20,22-23,25H2,1-6H3,(H,39,46)/t32-,34+/m1/s1. The Morgan fingerprint density at radius 1 is 0.904 bits per heavy atom. The van der Waals surface area contributed by atoms with Gasteiger partial charge in [0, 0.05) is 43.9 Å². The van der Waals surface area contributed by atoms with Crippen molar-refractivity contribution >= 4 is 18.1 Å². The lowest BCUT2D eigenvalue weighted by Gasteiger charge is -2.51. The van der Waals surface area contributed by atoms with Gasteiger partial charge in [-0.05, 0) is 56.2 Å². The normalized spacial score (nSPS) is 15.3. The number of methoxy groups -OCH3 is 3. The third kappa shape index (κ3) is 9.71. The summed E-state index contributed by atoms with van der Waals surface area (Å²) in [5, 5.41) is 11.3. The maximum absolute atomic E-state index is 14.2. The minimum atomic E-state index is -0.867. The molecule has 5 rings (SSSR count). The number of hydrogen-bond donors (Lipinski definition) is 1. The molecule has 0 unspecified atom stereocenters. The number of amides is 3. The number of nitrogens with one attached hydrogen (secondary N) is 1. The van der Waals surface area contributed by atoms with Crippen LogP contribution in [0.4, 0.5) is 9.59 Å². The van der Waals surface area contributed by atoms with E-state index < -0.39 is 29.9 Å². The third-order valence-corrected chi connectivity index (χ3v) is 8.44. The molecule has 0 bridgehead atoms. The Balaban J connectivity index is 1.40. The Kier molecular flexibility index (Phi) is 12.2. The quantitative estimate of drug-likeness (QED) is 0.167. The highest BCUT2D eigenvalue weighted by Gasteiger charge is 2.52. The van der Waals surface area contributed by atoms with E-state index in [1.54, 1.807) is 76.1 Å². The fourth-order valence-corrected chi connectivity index (χ4v) is 5.86. The summed E-state index contributed by atoms with van der Waals surface area (Å²) in [7, 11) is 4.72. The lowest BCUT2D eigenvalue weighted by atomic mass is 9.88. The van der Waals surface area contributed by atoms with Gasteiger partial charge < -0.3 is 33.9 Å². The van der Waals surface area contributed by atoms with Gasteiger partial charge in [0.1, 0.15) is 35.5 Å². The molecule has 1 N–H and O–H groups in total. The van der Waals surface area contributed by atoms with Gasteiger partial charge in [-0.25, -0.2) is 9.59 Å². The number of alkyl carbamates (subject to hydrolysis) is 1. The summed E-state index contributed by atoms with van der Waals surface area (Å²) in [6.45, 7) is 6.39. The molecule has 0 radical (unpaired) electrons. The van der Waals surface area contributed by atoms with Crippen molar-refractivity contribution in [3.8, 4) is 17.2 Å². The van der Waals surface area contributed by atoms with Gasteiger partial charge in [0.05, 0.1) is 39.6 Å². The van der Waals surface area contributed by atoms with Crippen LogP contribution in [0.2, 0.25) is 0 Å². The highest BCUT2D eigenvalue weighted by Crippen LogP contribution is 2.34. The average Bonchev–Trinajstić information content (AvgIpc) is 3.59. The van der Waals surface area contributed by atoms with E-state index in [1.165, 1.54) is 4.90 Å². The number of likely N-dealkylation sites (tertiary alicyclic amines) is 1. The predicted molar refractivity (Wildman–Crippen MR) is 191 cm³/mol. The summed E-state index contributed by atoms with van der Waals surface area (Å²) < 4.78 is 29.1. The van der Waals surface area contributed by atoms with Crippen LogP contribution in [-0.2, 0) is 46.9 Å². The zero-order chi connectivity index (χ0) is 37.3. The number of carbonyl (C=O) groups excluding carboxylic acids is 3. The fraction of sp³-hybridized carbons (Fsp3) is 0.395. The minimum Gasteiger partial charge on any atom is -0.497 e. The predicted octanol–water partition coefficient (Wildman–Crippen LogP) is 4.99. The van der Waals surface area contributed by atoms with Crippen LogP contribution in [0.1, 0.15) is 43.2 Å². The van der Waals surface area contributed by atoms with Crippen molar-refractivity contribution in [2.75, 3.05) is 27.9 Å². The van der Waals surface area contributed by atoms with E-state index >= 15 is 0 Å². The van der Waals surface area contributed by atoms with Crippen molar-refractivity contribution < 1.29 is 38.1 Å². The van der Waals surface area contributed by atoms with Gasteiger partial charge in [0.25, 0.3) is 0 Å². The Labute approximate surface area is 303 Å². The molecule has 14 nitrogen and oxygen atoms in total. The summed E-state index contributed by atoms with van der Waals surface area (Å²) in [5.74, 6) is 1.61. The summed E-state index contributed by atoms with van der Waals surface area (Å²) in [6, 6.07) is 20.8. The lowest BCUT2D eigenvalue weighted by Crippen LogP contribution is -2.71. The second-order valence-electron chi connectivity index (χ2n) is 13.3. The molecule has 0 saturated carbocycles. The molecule has 4 aromatic rings. The number of rotatable bonds is 15. The maximum atomic E-state index is 14.2. The highest BCUT2D eigenvalue weighted by atomic mass is 16.6. The number of carbonyl (C=O) groups is 3. The molecule has 1 fully saturated rings. The first-order chi connectivity index (χ1) is 25.0. The Bertz CT molecular complexity index is 1810. The highest BCUT2D eigenvalue weighted by molar-refractivity contribution is 5.92. The Hall–Kier alpha value is -5.79. The number of aromatic nitrogens is 3. The zero-order valence-electron chi connectivity index (χ0n) is 30.4. The molecule has 1 saturated heterocycles. The first kappa shape index (κ1) is 37.5. The van der Waals surface area contributed by atoms with Crippen LogP contribution in [0.15, 0.2) is 79.0 Å². The van der Waals surface area contributed by atoms with Crippen molar-refractivity contribution in [1.82, 2.24) is 30.1 Å². The van der Waals surface area contributed by atoms with Gasteiger partial charge in [-0.1, -0.05) is 47.7 Å². The van der Waals surface area contributed by atoms with Gasteiger partial charge in [-0.15, -0.1) is 5.10 Å². The summed E-state index contributed by atoms with van der Waals surface area (Å²) >= 11 is 0. The monoisotopic (exact) mass is 714 g/mol. The minimum absolute atomic E-state index is 0.0444. The topological polar surface area (TPSA) is 147 Å². The van der Waals surface area contributed by atoms with Gasteiger partial charge >= 0.3 is 12.2 Å². The Morgan fingerprint density at radius 2 is 1.62 bits per heavy atom. The second-order valence-corrected chi connectivity index (χ2v) is 13.3. The summed E-state index contributed by atoms with van der Waals surface area (Å²) in [6.07, 6.45) is 0.912. The van der Waals surface area contributed by atoms with E-state index in [0.29, 0.717) is 35.9 Å². The van der Waals surface area contributed by atoms with E-state index in [-0.39, 0.29) is 32.1 Å². The zero-order valence-corrected chi connectivity index (χ0v) is 30.4. The molecular formula is C38H46N6O8. The van der Waals surface area contributed by atoms with E-state index in [1.807, 2.05) is 54.6 Å². The van der Waals surface area contributed by atoms with Crippen LogP contribution in [0, 0.1) is 0 Å². The van der Waals surface area contributed by atoms with E-state index in [4.69, 9.17) is 23.7 Å². The number of β-lactam (4-membered cyclic amide) rings is 1. The fourth-order valence-electron chi connectivity index (χ4n) is 5.86. The van der Waals surface area contributed by atoms with Gasteiger partial charge in [-0.2, -0.15) is 0 Å². The Morgan fingerprint density at radius 3 is 2.29 bits per heavy atom. The van der Waals surface area contributed by atoms with Crippen LogP contribution >= 0.6 is 0 Å². The smallest absolute Gasteiger partial charge is 0.411 e. The number of hydrogen-bond acceptors (Lipinski definition) is 10. The molecule has 276 valence electrons. The molecule has 2 heterocycles. The summed E-state index contributed by atoms with van der Waals surface area (Å²) in [5.41, 5.74) is 2.38. The number of benzene rings is 3. The molecule has 3 aromatic carbocycles. The molecular weight excluding hydrogens is 668 g/mol. The first-order valence-corrected chi connectivity index (χ1v) is 17.0. The molecule has 1 aliphatic heterocycles. The number of ether oxygens (including phenoxy) is 5. The van der Waals surface area contributed by atoms with E-state index in [0.717, 1.165) is 16.7 Å².